The molecule has 3 aromatic heterocycles. The number of amides is 1. The van der Waals surface area contributed by atoms with Crippen molar-refractivity contribution >= 4 is 17.5 Å². The molecule has 0 aliphatic carbocycles. The summed E-state index contributed by atoms with van der Waals surface area (Å²) in [6, 6.07) is 7.91. The molecule has 38 heavy (non-hydrogen) atoms. The minimum atomic E-state index is -1.07. The Kier molecular flexibility index (Phi) is 6.94. The van der Waals surface area contributed by atoms with Crippen LogP contribution in [0.25, 0.3) is 5.82 Å². The Morgan fingerprint density at radius 2 is 2.16 bits per heavy atom. The summed E-state index contributed by atoms with van der Waals surface area (Å²) in [6.07, 6.45) is 4.84. The summed E-state index contributed by atoms with van der Waals surface area (Å²) in [6.45, 7) is 4.70. The second-order valence-electron chi connectivity index (χ2n) is 9.62. The van der Waals surface area contributed by atoms with Gasteiger partial charge in [-0.2, -0.15) is 10.4 Å². The van der Waals surface area contributed by atoms with Gasteiger partial charge in [-0.1, -0.05) is 6.07 Å². The predicted molar refractivity (Wildman–Crippen MR) is 137 cm³/mol. The van der Waals surface area contributed by atoms with Gasteiger partial charge in [0.15, 0.2) is 17.2 Å². The maximum atomic E-state index is 13.2. The molecule has 3 aromatic rings. The third-order valence-corrected chi connectivity index (χ3v) is 6.77. The number of hydrazine groups is 1. The second-order valence-corrected chi connectivity index (χ2v) is 9.62. The predicted octanol–water partition coefficient (Wildman–Crippen LogP) is 1.13. The van der Waals surface area contributed by atoms with E-state index in [-0.39, 0.29) is 31.7 Å². The fourth-order valence-corrected chi connectivity index (χ4v) is 4.60. The highest BCUT2D eigenvalue weighted by Crippen LogP contribution is 2.34. The number of hydrogen-bond acceptors (Lipinski definition) is 10. The Morgan fingerprint density at radius 1 is 1.34 bits per heavy atom. The molecule has 12 nitrogen and oxygen atoms in total. The van der Waals surface area contributed by atoms with E-state index in [1.54, 1.807) is 18.3 Å². The van der Waals surface area contributed by atoms with Crippen LogP contribution in [0.1, 0.15) is 30.0 Å². The molecule has 2 fully saturated rings. The van der Waals surface area contributed by atoms with Gasteiger partial charge in [0.2, 0.25) is 0 Å². The van der Waals surface area contributed by atoms with Gasteiger partial charge in [-0.3, -0.25) is 10.2 Å². The van der Waals surface area contributed by atoms with Crippen LogP contribution >= 0.6 is 0 Å². The summed E-state index contributed by atoms with van der Waals surface area (Å²) in [5.74, 6) is 0.918. The van der Waals surface area contributed by atoms with E-state index in [1.165, 1.54) is 18.0 Å². The smallest absolute Gasteiger partial charge is 0.256 e. The first-order valence-corrected chi connectivity index (χ1v) is 12.2. The van der Waals surface area contributed by atoms with Crippen molar-refractivity contribution in [3.63, 3.8) is 0 Å². The number of ether oxygens (including phenoxy) is 1. The topological polar surface area (TPSA) is 145 Å². The number of halogens is 1. The molecule has 2 saturated heterocycles. The Morgan fingerprint density at radius 3 is 2.76 bits per heavy atom. The second kappa shape index (κ2) is 10.3. The maximum absolute atomic E-state index is 13.2. The highest BCUT2D eigenvalue weighted by molar-refractivity contribution is 5.89. The van der Waals surface area contributed by atoms with Crippen molar-refractivity contribution < 1.29 is 13.9 Å². The lowest BCUT2D eigenvalue weighted by molar-refractivity contribution is -0.146. The molecule has 13 heteroatoms. The van der Waals surface area contributed by atoms with E-state index in [4.69, 9.17) is 9.72 Å². The fourth-order valence-electron chi connectivity index (χ4n) is 4.60. The van der Waals surface area contributed by atoms with Crippen LogP contribution in [-0.2, 0) is 16.1 Å². The van der Waals surface area contributed by atoms with E-state index in [9.17, 15) is 14.4 Å². The van der Waals surface area contributed by atoms with Gasteiger partial charge in [0.1, 0.15) is 17.7 Å². The van der Waals surface area contributed by atoms with Crippen molar-refractivity contribution in [1.29, 1.82) is 5.26 Å². The summed E-state index contributed by atoms with van der Waals surface area (Å²) in [5, 5.41) is 19.9. The first-order valence-electron chi connectivity index (χ1n) is 12.2. The van der Waals surface area contributed by atoms with Crippen molar-refractivity contribution in [2.75, 3.05) is 30.4 Å². The Labute approximate surface area is 219 Å². The average Bonchev–Trinajstić information content (AvgIpc) is 3.50. The Bertz CT molecular complexity index is 1360. The van der Waals surface area contributed by atoms with Crippen LogP contribution in [0.5, 0.6) is 0 Å². The molecule has 1 amide bonds. The quantitative estimate of drug-likeness (QED) is 0.341. The SMILES string of the molecule is COC1(C(=O)NCc2ccc(-n3cc(F)cn3)nc2)CN(c2nc(NC3CC(C)NN3)cc(C)c2C#N)C1. The molecule has 5 heterocycles. The molecule has 0 aromatic carbocycles. The van der Waals surface area contributed by atoms with Gasteiger partial charge >= 0.3 is 0 Å². The van der Waals surface area contributed by atoms with Crippen molar-refractivity contribution in [3.8, 4) is 11.9 Å². The van der Waals surface area contributed by atoms with Crippen molar-refractivity contribution in [1.82, 2.24) is 35.9 Å². The summed E-state index contributed by atoms with van der Waals surface area (Å²) in [7, 11) is 1.50. The number of aryl methyl sites for hydroxylation is 1. The molecule has 5 rings (SSSR count). The Hall–Kier alpha value is -4.12. The monoisotopic (exact) mass is 520 g/mol. The zero-order valence-corrected chi connectivity index (χ0v) is 21.3. The van der Waals surface area contributed by atoms with E-state index in [0.29, 0.717) is 29.1 Å². The minimum Gasteiger partial charge on any atom is -0.365 e. The number of carbonyl (C=O) groups is 1. The number of anilines is 2. The normalized spacial score (nSPS) is 20.0. The number of carbonyl (C=O) groups excluding carboxylic acids is 1. The Balaban J connectivity index is 1.23. The molecule has 2 aliphatic rings. The van der Waals surface area contributed by atoms with Crippen LogP contribution in [-0.4, -0.2) is 63.7 Å². The lowest BCUT2D eigenvalue weighted by atomic mass is 9.91. The molecule has 2 aliphatic heterocycles. The van der Waals surface area contributed by atoms with Crippen LogP contribution in [0.2, 0.25) is 0 Å². The van der Waals surface area contributed by atoms with Gasteiger partial charge in [-0.25, -0.2) is 24.5 Å². The summed E-state index contributed by atoms with van der Waals surface area (Å²) >= 11 is 0. The van der Waals surface area contributed by atoms with E-state index in [2.05, 4.69) is 44.6 Å². The van der Waals surface area contributed by atoms with Gasteiger partial charge in [-0.05, 0) is 43.5 Å². The van der Waals surface area contributed by atoms with Crippen LogP contribution in [0.3, 0.4) is 0 Å². The number of rotatable bonds is 8. The van der Waals surface area contributed by atoms with Crippen LogP contribution in [0.15, 0.2) is 36.8 Å². The fraction of sp³-hybridized carbons (Fsp3) is 0.400. The van der Waals surface area contributed by atoms with E-state index < -0.39 is 11.4 Å². The molecular weight excluding hydrogens is 491 g/mol. The molecule has 4 N–H and O–H groups in total. The lowest BCUT2D eigenvalue weighted by Crippen LogP contribution is -2.70. The van der Waals surface area contributed by atoms with Crippen molar-refractivity contribution in [2.45, 2.75) is 44.6 Å². The molecule has 2 atom stereocenters. The first-order chi connectivity index (χ1) is 18.3. The average molecular weight is 521 g/mol. The van der Waals surface area contributed by atoms with Gasteiger partial charge in [0.05, 0.1) is 37.2 Å². The van der Waals surface area contributed by atoms with Gasteiger partial charge < -0.3 is 20.3 Å². The number of nitrogens with zero attached hydrogens (tertiary/aromatic N) is 6. The lowest BCUT2D eigenvalue weighted by Gasteiger charge is -2.48. The number of methoxy groups -OCH3 is 1. The maximum Gasteiger partial charge on any atom is 0.256 e. The molecular formula is C25H29FN10O2. The largest absolute Gasteiger partial charge is 0.365 e. The summed E-state index contributed by atoms with van der Waals surface area (Å²) < 4.78 is 20.2. The van der Waals surface area contributed by atoms with Crippen LogP contribution in [0.4, 0.5) is 16.0 Å². The van der Waals surface area contributed by atoms with Gasteiger partial charge in [0.25, 0.3) is 5.91 Å². The number of nitrogens with one attached hydrogen (secondary N) is 4. The standard InChI is InChI=1S/C25H29FN10O2/c1-15-6-20(31-21-7-16(2)33-34-21)32-23(19(15)8-27)35-13-25(14-35,38-3)24(37)29-10-17-4-5-22(28-9-17)36-12-18(26)11-30-36/h4-6,9,11-12,16,21,33-34H,7,10,13-14H2,1-3H3,(H,29,37)(H,31,32). The summed E-state index contributed by atoms with van der Waals surface area (Å²) in [5.41, 5.74) is 7.31. The molecule has 0 bridgehead atoms. The third-order valence-electron chi connectivity index (χ3n) is 6.77. The minimum absolute atomic E-state index is 0.0159. The van der Waals surface area contributed by atoms with Gasteiger partial charge in [-0.15, -0.1) is 0 Å². The molecule has 0 spiro atoms. The molecule has 0 radical (unpaired) electrons. The van der Waals surface area contributed by atoms with E-state index in [1.807, 2.05) is 17.9 Å². The highest BCUT2D eigenvalue weighted by atomic mass is 19.1. The third kappa shape index (κ3) is 5.01. The van der Waals surface area contributed by atoms with Crippen molar-refractivity contribution in [2.24, 2.45) is 0 Å². The zero-order valence-electron chi connectivity index (χ0n) is 21.3. The zero-order chi connectivity index (χ0) is 26.9. The molecule has 2 unspecified atom stereocenters. The van der Waals surface area contributed by atoms with Crippen LogP contribution in [0, 0.1) is 24.1 Å². The summed E-state index contributed by atoms with van der Waals surface area (Å²) in [4.78, 5) is 24.0. The molecule has 0 saturated carbocycles. The van der Waals surface area contributed by atoms with E-state index in [0.717, 1.165) is 23.7 Å². The van der Waals surface area contributed by atoms with Crippen molar-refractivity contribution in [3.05, 3.63) is 59.3 Å². The number of nitriles is 1. The highest BCUT2D eigenvalue weighted by Gasteiger charge is 2.51. The van der Waals surface area contributed by atoms with Gasteiger partial charge in [0, 0.05) is 25.9 Å². The van der Waals surface area contributed by atoms with Crippen LogP contribution < -0.4 is 26.4 Å². The number of aromatic nitrogens is 4. The number of hydrogen-bond donors (Lipinski definition) is 4. The first kappa shape index (κ1) is 25.5. The molecule has 198 valence electrons. The van der Waals surface area contributed by atoms with E-state index >= 15 is 0 Å². The number of pyridine rings is 2.